The second-order valence-corrected chi connectivity index (χ2v) is 11.7. The maximum atomic E-state index is 6.30. The standard InChI is InChI=1S/C36H54N4O.4ClH/c1-39(2)25-12-23-37-29-32-19-22-36(35(28-32)30-38-24-13-26-40(3)4)41-27-11-6-5-8-14-31-17-20-34(21-18-31)33-15-9-7-10-16-33;;;;/h7,9-10,15-22,28,37-38H,5-6,8,11-14,23-27,29-30H2,1-4H3;4*1H. The number of hydrogen-bond donors (Lipinski definition) is 2. The number of ether oxygens (including phenoxy) is 1. The quantitative estimate of drug-likeness (QED) is 0.109. The first-order chi connectivity index (χ1) is 20.0. The van der Waals surface area contributed by atoms with Crippen molar-refractivity contribution in [1.29, 1.82) is 0 Å². The predicted octanol–water partition coefficient (Wildman–Crippen LogP) is 8.31. The van der Waals surface area contributed by atoms with Crippen molar-refractivity contribution in [2.75, 3.05) is 61.0 Å². The Morgan fingerprint density at radius 1 is 0.556 bits per heavy atom. The van der Waals surface area contributed by atoms with Gasteiger partial charge >= 0.3 is 0 Å². The van der Waals surface area contributed by atoms with E-state index < -0.39 is 0 Å². The summed E-state index contributed by atoms with van der Waals surface area (Å²) in [7, 11) is 8.51. The van der Waals surface area contributed by atoms with Gasteiger partial charge < -0.3 is 25.2 Å². The largest absolute Gasteiger partial charge is 0.493 e. The van der Waals surface area contributed by atoms with E-state index in [1.165, 1.54) is 47.1 Å². The van der Waals surface area contributed by atoms with Gasteiger partial charge in [-0.3, -0.25) is 0 Å². The van der Waals surface area contributed by atoms with Crippen LogP contribution in [-0.2, 0) is 19.5 Å². The van der Waals surface area contributed by atoms with Crippen LogP contribution in [0.25, 0.3) is 11.1 Å². The molecule has 2 N–H and O–H groups in total. The number of unbranched alkanes of at least 4 members (excludes halogenated alkanes) is 3. The molecule has 0 aromatic heterocycles. The van der Waals surface area contributed by atoms with E-state index in [1.54, 1.807) is 0 Å². The number of halogens is 4. The molecule has 3 aromatic carbocycles. The van der Waals surface area contributed by atoms with Crippen molar-refractivity contribution in [3.63, 3.8) is 0 Å². The molecule has 0 spiro atoms. The zero-order valence-corrected chi connectivity index (χ0v) is 31.0. The summed E-state index contributed by atoms with van der Waals surface area (Å²) in [6.07, 6.45) is 8.21. The molecule has 0 aliphatic heterocycles. The molecule has 45 heavy (non-hydrogen) atoms. The fraction of sp³-hybridized carbons (Fsp3) is 0.500. The van der Waals surface area contributed by atoms with Gasteiger partial charge in [-0.25, -0.2) is 0 Å². The van der Waals surface area contributed by atoms with Gasteiger partial charge in [-0.2, -0.15) is 0 Å². The Morgan fingerprint density at radius 3 is 1.73 bits per heavy atom. The Kier molecular flexibility index (Phi) is 27.9. The Hall–Kier alpha value is -1.54. The average molecular weight is 705 g/mol. The molecule has 0 bridgehead atoms. The van der Waals surface area contributed by atoms with Crippen LogP contribution in [-0.4, -0.2) is 70.8 Å². The van der Waals surface area contributed by atoms with E-state index in [-0.39, 0.29) is 49.6 Å². The van der Waals surface area contributed by atoms with Crippen molar-refractivity contribution >= 4 is 49.6 Å². The highest BCUT2D eigenvalue weighted by molar-refractivity contribution is 5.86. The molecule has 256 valence electrons. The number of benzene rings is 3. The molecule has 0 heterocycles. The van der Waals surface area contributed by atoms with E-state index in [0.717, 1.165) is 77.3 Å². The van der Waals surface area contributed by atoms with Crippen molar-refractivity contribution in [2.45, 2.75) is 58.0 Å². The predicted molar refractivity (Wildman–Crippen MR) is 205 cm³/mol. The van der Waals surface area contributed by atoms with Crippen molar-refractivity contribution in [1.82, 2.24) is 20.4 Å². The van der Waals surface area contributed by atoms with Gasteiger partial charge in [0.1, 0.15) is 5.75 Å². The fourth-order valence-corrected chi connectivity index (χ4v) is 4.98. The van der Waals surface area contributed by atoms with Crippen molar-refractivity contribution in [2.24, 2.45) is 0 Å². The topological polar surface area (TPSA) is 39.8 Å². The summed E-state index contributed by atoms with van der Waals surface area (Å²) >= 11 is 0. The van der Waals surface area contributed by atoms with Gasteiger partial charge in [-0.05, 0) is 121 Å². The van der Waals surface area contributed by atoms with E-state index in [2.05, 4.69) is 121 Å². The summed E-state index contributed by atoms with van der Waals surface area (Å²) in [4.78, 5) is 4.47. The van der Waals surface area contributed by atoms with Crippen LogP contribution in [0.2, 0.25) is 0 Å². The minimum atomic E-state index is 0. The molecule has 0 radical (unpaired) electrons. The molecule has 0 saturated carbocycles. The summed E-state index contributed by atoms with van der Waals surface area (Å²) in [5, 5.41) is 7.22. The molecule has 0 aliphatic rings. The van der Waals surface area contributed by atoms with Gasteiger partial charge in [0.2, 0.25) is 0 Å². The Morgan fingerprint density at radius 2 is 1.11 bits per heavy atom. The first kappa shape index (κ1) is 45.6. The second-order valence-electron chi connectivity index (χ2n) is 11.7. The summed E-state index contributed by atoms with van der Waals surface area (Å²) in [6, 6.07) is 26.4. The van der Waals surface area contributed by atoms with Gasteiger partial charge in [-0.1, -0.05) is 73.5 Å². The zero-order valence-electron chi connectivity index (χ0n) is 27.8. The summed E-state index contributed by atoms with van der Waals surface area (Å²) in [6.45, 7) is 6.79. The number of nitrogens with zero attached hydrogens (tertiary/aromatic N) is 2. The highest BCUT2D eigenvalue weighted by Gasteiger charge is 2.07. The van der Waals surface area contributed by atoms with Gasteiger partial charge in [0.15, 0.2) is 0 Å². The van der Waals surface area contributed by atoms with Gasteiger partial charge in [0, 0.05) is 18.7 Å². The molecule has 9 heteroatoms. The Balaban J connectivity index is 0. The maximum Gasteiger partial charge on any atom is 0.123 e. The molecule has 0 fully saturated rings. The molecule has 0 unspecified atom stereocenters. The average Bonchev–Trinajstić information content (AvgIpc) is 2.97. The van der Waals surface area contributed by atoms with E-state index in [4.69, 9.17) is 4.74 Å². The van der Waals surface area contributed by atoms with Crippen LogP contribution in [0.5, 0.6) is 5.75 Å². The van der Waals surface area contributed by atoms with Gasteiger partial charge in [0.05, 0.1) is 6.61 Å². The highest BCUT2D eigenvalue weighted by atomic mass is 35.5. The number of hydrogen-bond acceptors (Lipinski definition) is 5. The normalized spacial score (nSPS) is 10.4. The zero-order chi connectivity index (χ0) is 29.1. The molecule has 0 saturated heterocycles. The van der Waals surface area contributed by atoms with E-state index in [9.17, 15) is 0 Å². The van der Waals surface area contributed by atoms with Crippen LogP contribution in [0.3, 0.4) is 0 Å². The molecule has 0 atom stereocenters. The summed E-state index contributed by atoms with van der Waals surface area (Å²) < 4.78 is 6.30. The van der Waals surface area contributed by atoms with E-state index in [1.807, 2.05) is 0 Å². The summed E-state index contributed by atoms with van der Waals surface area (Å²) in [5.41, 5.74) is 6.59. The van der Waals surface area contributed by atoms with Crippen LogP contribution in [0.4, 0.5) is 0 Å². The lowest BCUT2D eigenvalue weighted by atomic mass is 10.0. The van der Waals surface area contributed by atoms with Gasteiger partial charge in [0.25, 0.3) is 0 Å². The molecular weight excluding hydrogens is 646 g/mol. The molecular formula is C36H58Cl4N4O. The Labute approximate surface area is 298 Å². The van der Waals surface area contributed by atoms with Crippen LogP contribution in [0, 0.1) is 0 Å². The molecule has 3 aromatic rings. The highest BCUT2D eigenvalue weighted by Crippen LogP contribution is 2.22. The minimum absolute atomic E-state index is 0. The van der Waals surface area contributed by atoms with Crippen LogP contribution >= 0.6 is 49.6 Å². The summed E-state index contributed by atoms with van der Waals surface area (Å²) in [5.74, 6) is 1.03. The Bertz CT molecular complexity index is 1100. The molecule has 3 rings (SSSR count). The lowest BCUT2D eigenvalue weighted by molar-refractivity contribution is 0.300. The lowest BCUT2D eigenvalue weighted by Crippen LogP contribution is -2.22. The fourth-order valence-electron chi connectivity index (χ4n) is 4.98. The molecule has 5 nitrogen and oxygen atoms in total. The lowest BCUT2D eigenvalue weighted by Gasteiger charge is -2.15. The van der Waals surface area contributed by atoms with Gasteiger partial charge in [-0.15, -0.1) is 49.6 Å². The van der Waals surface area contributed by atoms with Crippen molar-refractivity contribution in [3.8, 4) is 16.9 Å². The van der Waals surface area contributed by atoms with Crippen LogP contribution in [0.1, 0.15) is 55.2 Å². The third-order valence-electron chi connectivity index (χ3n) is 7.37. The molecule has 0 aliphatic carbocycles. The third kappa shape index (κ3) is 19.7. The smallest absolute Gasteiger partial charge is 0.123 e. The van der Waals surface area contributed by atoms with E-state index in [0.29, 0.717) is 0 Å². The first-order valence-corrected chi connectivity index (χ1v) is 15.6. The molecule has 0 amide bonds. The maximum absolute atomic E-state index is 6.30. The number of nitrogens with one attached hydrogen (secondary N) is 2. The van der Waals surface area contributed by atoms with E-state index >= 15 is 0 Å². The number of aryl methyl sites for hydroxylation is 1. The monoisotopic (exact) mass is 702 g/mol. The first-order valence-electron chi connectivity index (χ1n) is 15.6. The number of rotatable bonds is 21. The van der Waals surface area contributed by atoms with Crippen LogP contribution < -0.4 is 15.4 Å². The second kappa shape index (κ2) is 27.6. The SMILES string of the molecule is CN(C)CCCNCc1ccc(OCCCCCCc2ccc(-c3ccccc3)cc2)c(CNCCCN(C)C)c1.Cl.Cl.Cl.Cl. The van der Waals surface area contributed by atoms with Crippen molar-refractivity contribution in [3.05, 3.63) is 89.5 Å². The minimum Gasteiger partial charge on any atom is -0.493 e. The van der Waals surface area contributed by atoms with Crippen molar-refractivity contribution < 1.29 is 4.74 Å². The van der Waals surface area contributed by atoms with Crippen LogP contribution in [0.15, 0.2) is 72.8 Å². The third-order valence-corrected chi connectivity index (χ3v) is 7.37.